The highest BCUT2D eigenvalue weighted by Crippen LogP contribution is 2.52. The number of benzene rings is 17. The second-order valence-electron chi connectivity index (χ2n) is 31.5. The van der Waals surface area contributed by atoms with Crippen molar-refractivity contribution in [3.8, 4) is 112 Å². The van der Waals surface area contributed by atoms with Gasteiger partial charge in [-0.2, -0.15) is 0 Å². The van der Waals surface area contributed by atoms with Crippen molar-refractivity contribution in [2.24, 2.45) is 0 Å². The van der Waals surface area contributed by atoms with Crippen molar-refractivity contribution >= 4 is 66.7 Å². The lowest BCUT2D eigenvalue weighted by Crippen LogP contribution is -2.20. The van der Waals surface area contributed by atoms with Gasteiger partial charge < -0.3 is 9.80 Å². The van der Waals surface area contributed by atoms with Gasteiger partial charge >= 0.3 is 0 Å². The standard InChI is InChI=1S/C57H41N3.C54H40N2/c1-57(2)43-29-30-48-50(56-55(40-21-10-5-11-22-40)58-52-26-13-14-27-53(52)59-56)32-31-47(51(48)37-43)49-25-12-15-28-54(49)60(45-24-16-23-41(34-45)38-17-6-3-7-18-38)46-35-42(33-44(57)36-46)39-19-8-4-9-20-39;1-54(2)44-22-15-25-47(35-44)56(46-23-10-5-11-24-46)53-27-13-12-26-48(53)50-32-42(31-40-28-29-45(54)36-49(40)50)39-20-14-21-41(30-39)52-34-43(37-16-6-3-7-17-37)33-51(55-52)38-18-8-4-9-19-38/h3-37H,1-2H3;3-36H,1-2H3. The Morgan fingerprint density at radius 1 is 0.198 bits per heavy atom. The van der Waals surface area contributed by atoms with E-state index in [4.69, 9.17) is 15.0 Å². The van der Waals surface area contributed by atoms with Crippen molar-refractivity contribution in [2.45, 2.75) is 38.5 Å². The maximum absolute atomic E-state index is 5.38. The van der Waals surface area contributed by atoms with Gasteiger partial charge in [-0.05, 0) is 215 Å². The third-order valence-corrected chi connectivity index (χ3v) is 23.7. The van der Waals surface area contributed by atoms with E-state index in [1.54, 1.807) is 0 Å². The molecule has 5 nitrogen and oxygen atoms in total. The third kappa shape index (κ3) is 13.1. The minimum absolute atomic E-state index is 0.215. The summed E-state index contributed by atoms with van der Waals surface area (Å²) in [4.78, 5) is 20.8. The van der Waals surface area contributed by atoms with E-state index in [1.165, 1.54) is 88.5 Å². The van der Waals surface area contributed by atoms with Crippen molar-refractivity contribution < 1.29 is 0 Å². The fraction of sp³-hybridized carbons (Fsp3) is 0.0541. The Hall–Kier alpha value is -14.7. The molecule has 0 saturated carbocycles. The van der Waals surface area contributed by atoms with Crippen LogP contribution in [0.1, 0.15) is 49.9 Å². The molecule has 0 fully saturated rings. The third-order valence-electron chi connectivity index (χ3n) is 23.7. The van der Waals surface area contributed by atoms with Crippen molar-refractivity contribution in [1.82, 2.24) is 15.0 Å². The van der Waals surface area contributed by atoms with E-state index >= 15 is 0 Å². The molecular weight excluding hydrogens is 1400 g/mol. The molecule has 21 rings (SSSR count). The van der Waals surface area contributed by atoms with Crippen LogP contribution in [0.25, 0.3) is 144 Å². The Morgan fingerprint density at radius 2 is 0.621 bits per heavy atom. The molecule has 116 heavy (non-hydrogen) atoms. The summed E-state index contributed by atoms with van der Waals surface area (Å²) in [5, 5.41) is 4.77. The topological polar surface area (TPSA) is 45.2 Å². The van der Waals surface area contributed by atoms with Crippen LogP contribution in [0.3, 0.4) is 0 Å². The van der Waals surface area contributed by atoms with Crippen molar-refractivity contribution in [1.29, 1.82) is 0 Å². The SMILES string of the molecule is CC1(C)c2cc(-c3ccccc3)cc(c2)N(c2cccc(-c3ccccc3)c2)c2ccccc2-c2ccc(-c3nc4ccccc4nc3-c3ccccc3)c3ccc1cc23.CC1(C)c2cccc(c2)N(c2ccccc2)c2ccccc2-c2cc(-c3cccc(-c4cc(-c5ccccc5)cc(-c5ccccc5)n4)c3)cc3ccc1cc23. The van der Waals surface area contributed by atoms with Gasteiger partial charge in [0.1, 0.15) is 0 Å². The molecule has 19 aromatic rings. The Morgan fingerprint density at radius 3 is 1.28 bits per heavy atom. The molecule has 5 heteroatoms. The Bertz CT molecular complexity index is 6880. The molecule has 2 aliphatic rings. The number of aromatic nitrogens is 3. The molecule has 2 aromatic heterocycles. The highest BCUT2D eigenvalue weighted by atomic mass is 15.2. The molecule has 0 unspecified atom stereocenters. The molecule has 2 aliphatic heterocycles. The summed E-state index contributed by atoms with van der Waals surface area (Å²) in [7, 11) is 0. The van der Waals surface area contributed by atoms with Crippen LogP contribution in [-0.4, -0.2) is 15.0 Å². The molecule has 0 saturated heterocycles. The first-order chi connectivity index (χ1) is 57.0. The van der Waals surface area contributed by atoms with Gasteiger partial charge in [-0.3, -0.25) is 0 Å². The second kappa shape index (κ2) is 29.5. The van der Waals surface area contributed by atoms with Gasteiger partial charge in [0, 0.05) is 67.0 Å². The molecule has 0 aliphatic carbocycles. The summed E-state index contributed by atoms with van der Waals surface area (Å²) in [5.74, 6) is 0. The number of hydrogen-bond acceptors (Lipinski definition) is 5. The minimum atomic E-state index is -0.354. The molecule has 17 aromatic carbocycles. The highest BCUT2D eigenvalue weighted by molar-refractivity contribution is 6.10. The number of para-hydroxylation sites is 5. The van der Waals surface area contributed by atoms with Crippen molar-refractivity contribution in [3.63, 3.8) is 0 Å². The van der Waals surface area contributed by atoms with E-state index in [9.17, 15) is 0 Å². The number of pyridine rings is 1. The van der Waals surface area contributed by atoms with Crippen molar-refractivity contribution in [2.75, 3.05) is 9.80 Å². The molecule has 0 N–H and O–H groups in total. The van der Waals surface area contributed by atoms with E-state index in [-0.39, 0.29) is 10.8 Å². The molecule has 8 bridgehead atoms. The maximum atomic E-state index is 5.38. The van der Waals surface area contributed by atoms with Crippen LogP contribution in [0.5, 0.6) is 0 Å². The lowest BCUT2D eigenvalue weighted by Gasteiger charge is -2.31. The van der Waals surface area contributed by atoms with Crippen LogP contribution < -0.4 is 9.80 Å². The number of nitrogens with zero attached hydrogens (tertiary/aromatic N) is 5. The average Bonchev–Trinajstić information content (AvgIpc) is 1.38. The van der Waals surface area contributed by atoms with Crippen LogP contribution in [-0.2, 0) is 10.8 Å². The Balaban J connectivity index is 0.000000150. The van der Waals surface area contributed by atoms with Crippen LogP contribution >= 0.6 is 0 Å². The minimum Gasteiger partial charge on any atom is -0.310 e. The normalized spacial score (nSPS) is 12.9. The summed E-state index contributed by atoms with van der Waals surface area (Å²) < 4.78 is 0. The summed E-state index contributed by atoms with van der Waals surface area (Å²) >= 11 is 0. The Labute approximate surface area is 678 Å². The van der Waals surface area contributed by atoms with E-state index in [0.29, 0.717) is 0 Å². The second-order valence-corrected chi connectivity index (χ2v) is 31.5. The van der Waals surface area contributed by atoms with Gasteiger partial charge in [0.25, 0.3) is 0 Å². The van der Waals surface area contributed by atoms with Gasteiger partial charge in [-0.25, -0.2) is 15.0 Å². The molecule has 0 atom stereocenters. The predicted molar refractivity (Wildman–Crippen MR) is 487 cm³/mol. The zero-order valence-corrected chi connectivity index (χ0v) is 65.1. The lowest BCUT2D eigenvalue weighted by atomic mass is 9.76. The highest BCUT2D eigenvalue weighted by Gasteiger charge is 2.32. The summed E-state index contributed by atoms with van der Waals surface area (Å²) in [6, 6.07) is 152. The van der Waals surface area contributed by atoms with E-state index in [2.05, 4.69) is 438 Å². The van der Waals surface area contributed by atoms with Crippen LogP contribution in [0.4, 0.5) is 34.1 Å². The lowest BCUT2D eigenvalue weighted by molar-refractivity contribution is 0.642. The number of rotatable bonds is 10. The maximum Gasteiger partial charge on any atom is 0.0979 e. The average molecular weight is 1480 g/mol. The molecule has 0 spiro atoms. The summed E-state index contributed by atoms with van der Waals surface area (Å²) in [6.45, 7) is 9.40. The molecule has 550 valence electrons. The zero-order chi connectivity index (χ0) is 77.9. The molecule has 0 radical (unpaired) electrons. The Kier molecular flexibility index (Phi) is 17.9. The summed E-state index contributed by atoms with van der Waals surface area (Å²) in [6.07, 6.45) is 0. The fourth-order valence-electron chi connectivity index (χ4n) is 17.3. The predicted octanol–water partition coefficient (Wildman–Crippen LogP) is 29.9. The van der Waals surface area contributed by atoms with Gasteiger partial charge in [0.2, 0.25) is 0 Å². The quantitative estimate of drug-likeness (QED) is 0.137. The molecule has 0 amide bonds. The monoisotopic (exact) mass is 1480 g/mol. The molecular formula is C111H81N5. The summed E-state index contributed by atoms with van der Waals surface area (Å²) in [5.41, 5.74) is 35.0. The van der Waals surface area contributed by atoms with E-state index in [0.717, 1.165) is 112 Å². The van der Waals surface area contributed by atoms with Gasteiger partial charge in [0.05, 0.1) is 45.2 Å². The largest absolute Gasteiger partial charge is 0.310 e. The van der Waals surface area contributed by atoms with Crippen LogP contribution in [0, 0.1) is 0 Å². The fourth-order valence-corrected chi connectivity index (χ4v) is 17.3. The molecule has 4 heterocycles. The van der Waals surface area contributed by atoms with Crippen LogP contribution in [0.2, 0.25) is 0 Å². The first-order valence-electron chi connectivity index (χ1n) is 40.0. The van der Waals surface area contributed by atoms with Gasteiger partial charge in [-0.15, -0.1) is 0 Å². The number of hydrogen-bond donors (Lipinski definition) is 0. The van der Waals surface area contributed by atoms with Gasteiger partial charge in [0.15, 0.2) is 0 Å². The van der Waals surface area contributed by atoms with E-state index in [1.807, 2.05) is 18.2 Å². The number of anilines is 6. The first-order valence-corrected chi connectivity index (χ1v) is 40.0. The zero-order valence-electron chi connectivity index (χ0n) is 65.1. The van der Waals surface area contributed by atoms with E-state index < -0.39 is 0 Å². The van der Waals surface area contributed by atoms with Crippen LogP contribution in [0.15, 0.2) is 419 Å². The smallest absolute Gasteiger partial charge is 0.0979 e. The van der Waals surface area contributed by atoms with Crippen molar-refractivity contribution in [3.05, 3.63) is 441 Å². The van der Waals surface area contributed by atoms with Gasteiger partial charge in [-0.1, -0.05) is 331 Å². The first kappa shape index (κ1) is 70.5. The number of fused-ring (bicyclic) bond motifs is 11.